The zero-order valence-corrected chi connectivity index (χ0v) is 14.2. The zero-order valence-electron chi connectivity index (χ0n) is 14.2. The molecule has 1 saturated heterocycles. The number of amides is 1. The highest BCUT2D eigenvalue weighted by Gasteiger charge is 2.13. The number of rotatable bonds is 9. The van der Waals surface area contributed by atoms with Crippen molar-refractivity contribution in [2.45, 2.75) is 64.7 Å². The molecule has 0 spiro atoms. The first-order valence-corrected chi connectivity index (χ1v) is 8.96. The number of unbranched alkanes of at least 4 members (excludes halogenated alkanes) is 4. The Kier molecular flexibility index (Phi) is 7.70. The van der Waals surface area contributed by atoms with Gasteiger partial charge in [0, 0.05) is 25.6 Å². The van der Waals surface area contributed by atoms with Gasteiger partial charge in [0.15, 0.2) is 5.88 Å². The molecule has 1 aromatic rings. The first-order chi connectivity index (χ1) is 11.3. The van der Waals surface area contributed by atoms with Gasteiger partial charge < -0.3 is 9.32 Å². The summed E-state index contributed by atoms with van der Waals surface area (Å²) in [4.78, 5) is 13.9. The number of nitrogens with zero attached hydrogens (tertiary/aromatic N) is 2. The Hall–Kier alpha value is -1.78. The van der Waals surface area contributed by atoms with E-state index >= 15 is 0 Å². The molecule has 1 amide bonds. The standard InChI is InChI=1S/C18H29N3O2/c1-2-3-4-5-7-10-17(22)20-19-15-16-11-12-18(23-16)21-13-8-6-9-14-21/h11-12,15H,2-10,13-14H2,1H3,(H,20,22). The minimum absolute atomic E-state index is 0.0273. The summed E-state index contributed by atoms with van der Waals surface area (Å²) in [5.74, 6) is 1.54. The van der Waals surface area contributed by atoms with Gasteiger partial charge in [0.25, 0.3) is 0 Å². The maximum Gasteiger partial charge on any atom is 0.240 e. The molecule has 0 bridgehead atoms. The van der Waals surface area contributed by atoms with Crippen LogP contribution in [0.5, 0.6) is 0 Å². The van der Waals surface area contributed by atoms with Gasteiger partial charge in [-0.05, 0) is 31.7 Å². The van der Waals surface area contributed by atoms with Crippen LogP contribution in [0, 0.1) is 0 Å². The average Bonchev–Trinajstić information content (AvgIpc) is 3.04. The highest BCUT2D eigenvalue weighted by Crippen LogP contribution is 2.21. The lowest BCUT2D eigenvalue weighted by atomic mass is 10.1. The predicted molar refractivity (Wildman–Crippen MR) is 93.9 cm³/mol. The van der Waals surface area contributed by atoms with E-state index in [1.807, 2.05) is 12.1 Å². The van der Waals surface area contributed by atoms with E-state index in [1.54, 1.807) is 6.21 Å². The molecule has 0 atom stereocenters. The van der Waals surface area contributed by atoms with Crippen molar-refractivity contribution in [1.82, 2.24) is 5.43 Å². The normalized spacial score (nSPS) is 15.3. The predicted octanol–water partition coefficient (Wildman–Crippen LogP) is 4.08. The minimum atomic E-state index is -0.0273. The maximum absolute atomic E-state index is 11.7. The number of furan rings is 1. The quantitative estimate of drug-likeness (QED) is 0.424. The van der Waals surface area contributed by atoms with Gasteiger partial charge in [-0.1, -0.05) is 32.6 Å². The van der Waals surface area contributed by atoms with Gasteiger partial charge in [0.2, 0.25) is 5.91 Å². The summed E-state index contributed by atoms with van der Waals surface area (Å²) in [6, 6.07) is 3.87. The fraction of sp³-hybridized carbons (Fsp3) is 0.667. The Balaban J connectivity index is 1.67. The van der Waals surface area contributed by atoms with Crippen LogP contribution in [0.2, 0.25) is 0 Å². The van der Waals surface area contributed by atoms with Crippen LogP contribution in [-0.2, 0) is 4.79 Å². The van der Waals surface area contributed by atoms with Gasteiger partial charge in [0.05, 0.1) is 6.21 Å². The fourth-order valence-corrected chi connectivity index (χ4v) is 2.81. The van der Waals surface area contributed by atoms with E-state index in [2.05, 4.69) is 22.4 Å². The van der Waals surface area contributed by atoms with Crippen LogP contribution in [0.4, 0.5) is 5.88 Å². The van der Waals surface area contributed by atoms with Gasteiger partial charge in [-0.25, -0.2) is 5.43 Å². The Labute approximate surface area is 139 Å². The molecule has 128 valence electrons. The molecule has 0 saturated carbocycles. The second-order valence-corrected chi connectivity index (χ2v) is 6.18. The smallest absolute Gasteiger partial charge is 0.240 e. The van der Waals surface area contributed by atoms with Crippen molar-refractivity contribution in [3.63, 3.8) is 0 Å². The van der Waals surface area contributed by atoms with Gasteiger partial charge in [-0.2, -0.15) is 5.10 Å². The van der Waals surface area contributed by atoms with E-state index in [0.717, 1.165) is 31.8 Å². The van der Waals surface area contributed by atoms with Crippen molar-refractivity contribution >= 4 is 18.0 Å². The van der Waals surface area contributed by atoms with Crippen LogP contribution in [-0.4, -0.2) is 25.2 Å². The summed E-state index contributed by atoms with van der Waals surface area (Å²) in [7, 11) is 0. The highest BCUT2D eigenvalue weighted by molar-refractivity contribution is 5.80. The summed E-state index contributed by atoms with van der Waals surface area (Å²) in [5, 5.41) is 3.98. The summed E-state index contributed by atoms with van der Waals surface area (Å²) in [6.45, 7) is 4.30. The first kappa shape index (κ1) is 17.6. The molecular weight excluding hydrogens is 290 g/mol. The van der Waals surface area contributed by atoms with Gasteiger partial charge in [-0.15, -0.1) is 0 Å². The fourth-order valence-electron chi connectivity index (χ4n) is 2.81. The average molecular weight is 319 g/mol. The van der Waals surface area contributed by atoms with Crippen molar-refractivity contribution in [2.24, 2.45) is 5.10 Å². The molecule has 2 heterocycles. The highest BCUT2D eigenvalue weighted by atomic mass is 16.4. The van der Waals surface area contributed by atoms with Crippen LogP contribution in [0.15, 0.2) is 21.7 Å². The molecule has 0 radical (unpaired) electrons. The molecular formula is C18H29N3O2. The number of nitrogens with one attached hydrogen (secondary N) is 1. The van der Waals surface area contributed by atoms with E-state index in [-0.39, 0.29) is 5.91 Å². The largest absolute Gasteiger partial charge is 0.440 e. The number of carbonyl (C=O) groups is 1. The zero-order chi connectivity index (χ0) is 16.3. The number of hydrazone groups is 1. The van der Waals surface area contributed by atoms with Crippen LogP contribution in [0.3, 0.4) is 0 Å². The molecule has 5 nitrogen and oxygen atoms in total. The third-order valence-electron chi connectivity index (χ3n) is 4.17. The molecule has 0 aromatic carbocycles. The van der Waals surface area contributed by atoms with E-state index in [1.165, 1.54) is 38.5 Å². The summed E-state index contributed by atoms with van der Waals surface area (Å²) in [6.07, 6.45) is 11.6. The summed E-state index contributed by atoms with van der Waals surface area (Å²) in [5.41, 5.74) is 2.57. The Morgan fingerprint density at radius 1 is 1.22 bits per heavy atom. The van der Waals surface area contributed by atoms with Gasteiger partial charge >= 0.3 is 0 Å². The van der Waals surface area contributed by atoms with E-state index in [0.29, 0.717) is 12.2 Å². The SMILES string of the molecule is CCCCCCCC(=O)NN=Cc1ccc(N2CCCCC2)o1. The molecule has 23 heavy (non-hydrogen) atoms. The summed E-state index contributed by atoms with van der Waals surface area (Å²) >= 11 is 0. The van der Waals surface area contributed by atoms with Crippen LogP contribution < -0.4 is 10.3 Å². The van der Waals surface area contributed by atoms with Gasteiger partial charge in [-0.3, -0.25) is 4.79 Å². The van der Waals surface area contributed by atoms with E-state index < -0.39 is 0 Å². The molecule has 2 rings (SSSR count). The Bertz CT molecular complexity index is 490. The lowest BCUT2D eigenvalue weighted by molar-refractivity contribution is -0.121. The number of hydrogen-bond acceptors (Lipinski definition) is 4. The molecule has 0 unspecified atom stereocenters. The van der Waals surface area contributed by atoms with Crippen molar-refractivity contribution < 1.29 is 9.21 Å². The lowest BCUT2D eigenvalue weighted by Crippen LogP contribution is -2.28. The van der Waals surface area contributed by atoms with Gasteiger partial charge in [0.1, 0.15) is 5.76 Å². The molecule has 1 aliphatic rings. The third-order valence-corrected chi connectivity index (χ3v) is 4.17. The number of carbonyl (C=O) groups excluding carboxylic acids is 1. The van der Waals surface area contributed by atoms with Crippen molar-refractivity contribution in [3.8, 4) is 0 Å². The lowest BCUT2D eigenvalue weighted by Gasteiger charge is -2.25. The number of piperidine rings is 1. The number of anilines is 1. The van der Waals surface area contributed by atoms with Crippen molar-refractivity contribution in [2.75, 3.05) is 18.0 Å². The molecule has 5 heteroatoms. The van der Waals surface area contributed by atoms with Crippen LogP contribution in [0.25, 0.3) is 0 Å². The maximum atomic E-state index is 11.7. The molecule has 1 aromatic heterocycles. The Morgan fingerprint density at radius 3 is 2.78 bits per heavy atom. The van der Waals surface area contributed by atoms with Crippen LogP contribution in [0.1, 0.15) is 70.5 Å². The topological polar surface area (TPSA) is 57.8 Å². The number of hydrogen-bond donors (Lipinski definition) is 1. The molecule has 0 aliphatic carbocycles. The van der Waals surface area contributed by atoms with Crippen molar-refractivity contribution in [1.29, 1.82) is 0 Å². The van der Waals surface area contributed by atoms with E-state index in [4.69, 9.17) is 4.42 Å². The first-order valence-electron chi connectivity index (χ1n) is 8.96. The molecule has 1 N–H and O–H groups in total. The second-order valence-electron chi connectivity index (χ2n) is 6.18. The molecule has 1 fully saturated rings. The third kappa shape index (κ3) is 6.47. The minimum Gasteiger partial charge on any atom is -0.440 e. The monoisotopic (exact) mass is 319 g/mol. The summed E-state index contributed by atoms with van der Waals surface area (Å²) < 4.78 is 5.76. The second kappa shape index (κ2) is 10.1. The van der Waals surface area contributed by atoms with E-state index in [9.17, 15) is 4.79 Å². The van der Waals surface area contributed by atoms with Crippen molar-refractivity contribution in [3.05, 3.63) is 17.9 Å². The van der Waals surface area contributed by atoms with Crippen LogP contribution >= 0.6 is 0 Å². The molecule has 1 aliphatic heterocycles. The Morgan fingerprint density at radius 2 is 2.00 bits per heavy atom.